The van der Waals surface area contributed by atoms with Crippen molar-refractivity contribution in [2.75, 3.05) is 19.5 Å². The van der Waals surface area contributed by atoms with Crippen LogP contribution < -0.4 is 14.8 Å². The SMILES string of the molecule is COc1ccc(CNc2ncnc3c(C#C[Si](C)(C)C)csc23)c(OC)c1. The van der Waals surface area contributed by atoms with Gasteiger partial charge in [0.15, 0.2) is 0 Å². The molecule has 0 spiro atoms. The van der Waals surface area contributed by atoms with E-state index >= 15 is 0 Å². The number of benzene rings is 1. The molecule has 0 amide bonds. The number of rotatable bonds is 5. The van der Waals surface area contributed by atoms with Crippen molar-refractivity contribution in [2.45, 2.75) is 26.2 Å². The van der Waals surface area contributed by atoms with E-state index in [0.29, 0.717) is 6.54 Å². The van der Waals surface area contributed by atoms with Crippen LogP contribution in [0, 0.1) is 11.5 Å². The van der Waals surface area contributed by atoms with Crippen molar-refractivity contribution in [3.8, 4) is 23.0 Å². The van der Waals surface area contributed by atoms with Gasteiger partial charge in [-0.1, -0.05) is 25.6 Å². The molecule has 0 bridgehead atoms. The van der Waals surface area contributed by atoms with E-state index < -0.39 is 8.07 Å². The zero-order chi connectivity index (χ0) is 19.4. The van der Waals surface area contributed by atoms with Gasteiger partial charge in [-0.3, -0.25) is 0 Å². The van der Waals surface area contributed by atoms with E-state index in [1.54, 1.807) is 31.9 Å². The van der Waals surface area contributed by atoms with Gasteiger partial charge in [0.25, 0.3) is 0 Å². The summed E-state index contributed by atoms with van der Waals surface area (Å²) in [6.07, 6.45) is 1.59. The minimum absolute atomic E-state index is 0.590. The van der Waals surface area contributed by atoms with Crippen LogP contribution in [0.15, 0.2) is 29.9 Å². The minimum atomic E-state index is -1.43. The second-order valence-corrected chi connectivity index (χ2v) is 12.7. The molecule has 0 aliphatic carbocycles. The van der Waals surface area contributed by atoms with Crippen LogP contribution in [0.25, 0.3) is 10.2 Å². The third-order valence-corrected chi connectivity index (χ3v) is 5.72. The van der Waals surface area contributed by atoms with Crippen LogP contribution in [0.5, 0.6) is 11.5 Å². The van der Waals surface area contributed by atoms with E-state index in [2.05, 4.69) is 51.8 Å². The molecule has 3 rings (SSSR count). The molecule has 0 aliphatic heterocycles. The molecule has 140 valence electrons. The van der Waals surface area contributed by atoms with Crippen molar-refractivity contribution in [3.05, 3.63) is 41.0 Å². The van der Waals surface area contributed by atoms with E-state index in [9.17, 15) is 0 Å². The highest BCUT2D eigenvalue weighted by atomic mass is 32.1. The van der Waals surface area contributed by atoms with Crippen LogP contribution >= 0.6 is 11.3 Å². The Morgan fingerprint density at radius 2 is 1.96 bits per heavy atom. The third-order valence-electron chi connectivity index (χ3n) is 3.87. The van der Waals surface area contributed by atoms with Crippen LogP contribution in [0.1, 0.15) is 11.1 Å². The van der Waals surface area contributed by atoms with E-state index in [0.717, 1.165) is 38.7 Å². The van der Waals surface area contributed by atoms with E-state index in [-0.39, 0.29) is 0 Å². The molecule has 0 saturated carbocycles. The highest BCUT2D eigenvalue weighted by molar-refractivity contribution is 7.18. The van der Waals surface area contributed by atoms with Gasteiger partial charge in [0.1, 0.15) is 37.2 Å². The number of aromatic nitrogens is 2. The van der Waals surface area contributed by atoms with Crippen LogP contribution in [-0.4, -0.2) is 32.3 Å². The molecule has 2 heterocycles. The molecule has 5 nitrogen and oxygen atoms in total. The molecular formula is C20H23N3O2SSi. The Bertz CT molecular complexity index is 1020. The maximum absolute atomic E-state index is 5.47. The number of hydrogen-bond acceptors (Lipinski definition) is 6. The zero-order valence-corrected chi connectivity index (χ0v) is 18.0. The molecule has 3 aromatic rings. The van der Waals surface area contributed by atoms with Gasteiger partial charge in [0, 0.05) is 23.6 Å². The van der Waals surface area contributed by atoms with Crippen LogP contribution in [0.3, 0.4) is 0 Å². The summed E-state index contributed by atoms with van der Waals surface area (Å²) in [6.45, 7) is 7.30. The number of anilines is 1. The van der Waals surface area contributed by atoms with Gasteiger partial charge >= 0.3 is 0 Å². The standard InChI is InChI=1S/C20H23N3O2SSi/c1-24-16-7-6-14(17(10-16)25-2)11-21-20-19-18(22-13-23-20)15(12-26-19)8-9-27(3,4)5/h6-7,10,12-13H,11H2,1-5H3,(H,21,22,23). The predicted octanol–water partition coefficient (Wildman–Crippen LogP) is 4.55. The molecule has 0 saturated heterocycles. The first kappa shape index (κ1) is 19.2. The van der Waals surface area contributed by atoms with Gasteiger partial charge < -0.3 is 14.8 Å². The molecule has 0 atom stereocenters. The summed E-state index contributed by atoms with van der Waals surface area (Å²) in [5.41, 5.74) is 6.32. The molecular weight excluding hydrogens is 374 g/mol. The topological polar surface area (TPSA) is 56.3 Å². The molecule has 0 aliphatic rings. The first-order valence-electron chi connectivity index (χ1n) is 8.61. The summed E-state index contributed by atoms with van der Waals surface area (Å²) in [5.74, 6) is 5.66. The average Bonchev–Trinajstić information content (AvgIpc) is 3.07. The molecule has 27 heavy (non-hydrogen) atoms. The van der Waals surface area contributed by atoms with Gasteiger partial charge in [-0.15, -0.1) is 16.9 Å². The monoisotopic (exact) mass is 397 g/mol. The lowest BCUT2D eigenvalue weighted by Crippen LogP contribution is -2.16. The van der Waals surface area contributed by atoms with Crippen molar-refractivity contribution < 1.29 is 9.47 Å². The number of fused-ring (bicyclic) bond motifs is 1. The summed E-state index contributed by atoms with van der Waals surface area (Å²) in [4.78, 5) is 8.86. The third kappa shape index (κ3) is 4.59. The summed E-state index contributed by atoms with van der Waals surface area (Å²) in [6, 6.07) is 5.79. The fourth-order valence-corrected chi connectivity index (χ4v) is 3.92. The van der Waals surface area contributed by atoms with E-state index in [4.69, 9.17) is 9.47 Å². The van der Waals surface area contributed by atoms with Gasteiger partial charge in [0.2, 0.25) is 0 Å². The normalized spacial score (nSPS) is 11.0. The molecule has 0 radical (unpaired) electrons. The number of methoxy groups -OCH3 is 2. The lowest BCUT2D eigenvalue weighted by atomic mass is 10.2. The lowest BCUT2D eigenvalue weighted by molar-refractivity contribution is 0.391. The Hall–Kier alpha value is -2.56. The van der Waals surface area contributed by atoms with Gasteiger partial charge in [-0.25, -0.2) is 9.97 Å². The first-order valence-corrected chi connectivity index (χ1v) is 13.0. The van der Waals surface area contributed by atoms with E-state index in [1.165, 1.54) is 0 Å². The van der Waals surface area contributed by atoms with Gasteiger partial charge in [-0.05, 0) is 12.1 Å². The zero-order valence-electron chi connectivity index (χ0n) is 16.2. The summed E-state index contributed by atoms with van der Waals surface area (Å²) < 4.78 is 11.7. The largest absolute Gasteiger partial charge is 0.497 e. The predicted molar refractivity (Wildman–Crippen MR) is 115 cm³/mol. The summed E-state index contributed by atoms with van der Waals surface area (Å²) >= 11 is 1.62. The second kappa shape index (κ2) is 7.99. The van der Waals surface area contributed by atoms with Crippen molar-refractivity contribution in [1.82, 2.24) is 9.97 Å². The van der Waals surface area contributed by atoms with Crippen molar-refractivity contribution in [3.63, 3.8) is 0 Å². The quantitative estimate of drug-likeness (QED) is 0.506. The van der Waals surface area contributed by atoms with Crippen LogP contribution in [-0.2, 0) is 6.54 Å². The fourth-order valence-electron chi connectivity index (χ4n) is 2.50. The molecule has 2 aromatic heterocycles. The Morgan fingerprint density at radius 1 is 1.15 bits per heavy atom. The van der Waals surface area contributed by atoms with Crippen molar-refractivity contribution in [2.24, 2.45) is 0 Å². The average molecular weight is 398 g/mol. The molecule has 1 N–H and O–H groups in total. The highest BCUT2D eigenvalue weighted by Crippen LogP contribution is 2.30. The lowest BCUT2D eigenvalue weighted by Gasteiger charge is -2.12. The Labute approximate surface area is 164 Å². The van der Waals surface area contributed by atoms with Crippen LogP contribution in [0.2, 0.25) is 19.6 Å². The molecule has 0 fully saturated rings. The maximum Gasteiger partial charge on any atom is 0.147 e. The minimum Gasteiger partial charge on any atom is -0.497 e. The number of nitrogens with zero attached hydrogens (tertiary/aromatic N) is 2. The fraction of sp³-hybridized carbons (Fsp3) is 0.300. The second-order valence-electron chi connectivity index (χ2n) is 7.08. The van der Waals surface area contributed by atoms with Crippen molar-refractivity contribution >= 4 is 35.4 Å². The smallest absolute Gasteiger partial charge is 0.147 e. The van der Waals surface area contributed by atoms with E-state index in [1.807, 2.05) is 18.2 Å². The first-order chi connectivity index (χ1) is 12.9. The molecule has 7 heteroatoms. The Morgan fingerprint density at radius 3 is 2.67 bits per heavy atom. The number of ether oxygens (including phenoxy) is 2. The van der Waals surface area contributed by atoms with Gasteiger partial charge in [0.05, 0.1) is 24.5 Å². The maximum atomic E-state index is 5.47. The number of thiophene rings is 1. The number of nitrogens with one attached hydrogen (secondary N) is 1. The van der Waals surface area contributed by atoms with Crippen LogP contribution in [0.4, 0.5) is 5.82 Å². The summed E-state index contributed by atoms with van der Waals surface area (Å²) in [5, 5.41) is 5.46. The summed E-state index contributed by atoms with van der Waals surface area (Å²) in [7, 11) is 1.87. The molecule has 0 unspecified atom stereocenters. The van der Waals surface area contributed by atoms with Gasteiger partial charge in [-0.2, -0.15) is 0 Å². The number of hydrogen-bond donors (Lipinski definition) is 1. The van der Waals surface area contributed by atoms with Crippen molar-refractivity contribution in [1.29, 1.82) is 0 Å². The highest BCUT2D eigenvalue weighted by Gasteiger charge is 2.12. The Balaban J connectivity index is 1.86. The Kier molecular flexibility index (Phi) is 5.68. The molecule has 1 aromatic carbocycles.